The molecule has 8 heteroatoms. The van der Waals surface area contributed by atoms with Crippen LogP contribution in [0, 0.1) is 5.92 Å². The van der Waals surface area contributed by atoms with E-state index in [1.54, 1.807) is 0 Å². The van der Waals surface area contributed by atoms with Crippen molar-refractivity contribution in [3.8, 4) is 0 Å². The monoisotopic (exact) mass is 336 g/mol. The zero-order valence-corrected chi connectivity index (χ0v) is 13.2. The predicted octanol–water partition coefficient (Wildman–Crippen LogP) is 4.88. The van der Waals surface area contributed by atoms with Crippen LogP contribution in [0.3, 0.4) is 0 Å². The molecule has 0 fully saturated rings. The zero-order chi connectivity index (χ0) is 16.7. The number of alkyl halides is 4. The van der Waals surface area contributed by atoms with Gasteiger partial charge in [-0.2, -0.15) is 21.6 Å². The molecule has 0 saturated heterocycles. The van der Waals surface area contributed by atoms with Gasteiger partial charge in [0.1, 0.15) is 0 Å². The van der Waals surface area contributed by atoms with Crippen molar-refractivity contribution >= 4 is 10.1 Å². The van der Waals surface area contributed by atoms with Crippen LogP contribution in [0.25, 0.3) is 0 Å². The normalized spacial score (nSPS) is 17.5. The van der Waals surface area contributed by atoms with Crippen LogP contribution in [0.1, 0.15) is 65.2 Å². The molecule has 0 bridgehead atoms. The first-order valence-corrected chi connectivity index (χ1v) is 8.54. The van der Waals surface area contributed by atoms with E-state index in [-0.39, 0.29) is 6.42 Å². The van der Waals surface area contributed by atoms with Gasteiger partial charge < -0.3 is 0 Å². The summed E-state index contributed by atoms with van der Waals surface area (Å²) >= 11 is 0. The Morgan fingerprint density at radius 3 is 1.81 bits per heavy atom. The summed E-state index contributed by atoms with van der Waals surface area (Å²) in [5.41, 5.74) is 0. The lowest BCUT2D eigenvalue weighted by Gasteiger charge is -2.24. The van der Waals surface area contributed by atoms with Crippen molar-refractivity contribution in [1.29, 1.82) is 0 Å². The minimum absolute atomic E-state index is 0.116. The molecule has 21 heavy (non-hydrogen) atoms. The van der Waals surface area contributed by atoms with Crippen molar-refractivity contribution < 1.29 is 30.5 Å². The number of halogens is 4. The smallest absolute Gasteiger partial charge is 0.283 e. The Balaban J connectivity index is 3.73. The van der Waals surface area contributed by atoms with Gasteiger partial charge in [0.15, 0.2) is 0 Å². The van der Waals surface area contributed by atoms with E-state index in [0.717, 1.165) is 13.3 Å². The summed E-state index contributed by atoms with van der Waals surface area (Å²) in [6.07, 6.45) is -1.25. The lowest BCUT2D eigenvalue weighted by Crippen LogP contribution is -2.36. The van der Waals surface area contributed by atoms with Gasteiger partial charge in [-0.25, -0.2) is 4.39 Å². The number of rotatable bonds is 10. The van der Waals surface area contributed by atoms with E-state index in [9.17, 15) is 26.0 Å². The second-order valence-corrected chi connectivity index (χ2v) is 7.39. The molecule has 0 aliphatic heterocycles. The number of unbranched alkanes of at least 4 members (excludes halogenated alkanes) is 5. The van der Waals surface area contributed by atoms with Gasteiger partial charge in [0, 0.05) is 12.3 Å². The third-order valence-corrected chi connectivity index (χ3v) is 5.14. The van der Waals surface area contributed by atoms with E-state index in [1.807, 2.05) is 0 Å². The maximum Gasteiger partial charge on any atom is 0.389 e. The van der Waals surface area contributed by atoms with E-state index < -0.39 is 33.6 Å². The van der Waals surface area contributed by atoms with Crippen LogP contribution in [0.5, 0.6) is 0 Å². The third-order valence-electron chi connectivity index (χ3n) is 3.73. The Morgan fingerprint density at radius 2 is 1.38 bits per heavy atom. The first-order chi connectivity index (χ1) is 9.38. The maximum atomic E-state index is 13.8. The summed E-state index contributed by atoms with van der Waals surface area (Å²) in [5, 5.41) is -2.67. The standard InChI is InChI=1S/C13H24F4O3S/c1-11(12(2,14)21(18,19)20)9-7-5-3-4-6-8-10-13(15,16)17/h11H,3-10H2,1-2H3,(H,18,19,20). The Kier molecular flexibility index (Phi) is 8.17. The molecule has 1 N–H and O–H groups in total. The third kappa shape index (κ3) is 8.60. The molecule has 2 unspecified atom stereocenters. The molecule has 2 atom stereocenters. The van der Waals surface area contributed by atoms with Crippen molar-refractivity contribution in [2.45, 2.75) is 76.4 Å². The van der Waals surface area contributed by atoms with E-state index >= 15 is 0 Å². The van der Waals surface area contributed by atoms with Gasteiger partial charge in [-0.3, -0.25) is 4.55 Å². The minimum Gasteiger partial charge on any atom is -0.283 e. The van der Waals surface area contributed by atoms with Gasteiger partial charge in [0.25, 0.3) is 10.1 Å². The fourth-order valence-electron chi connectivity index (χ4n) is 2.00. The molecule has 0 aromatic heterocycles. The highest BCUT2D eigenvalue weighted by Gasteiger charge is 2.43. The highest BCUT2D eigenvalue weighted by molar-refractivity contribution is 7.87. The highest BCUT2D eigenvalue weighted by Crippen LogP contribution is 2.31. The van der Waals surface area contributed by atoms with Crippen LogP contribution in [-0.4, -0.2) is 24.1 Å². The van der Waals surface area contributed by atoms with E-state index in [0.29, 0.717) is 32.1 Å². The SMILES string of the molecule is CC(CCCCCCCCC(F)(F)F)C(C)(F)S(=O)(=O)O. The number of hydrogen-bond acceptors (Lipinski definition) is 2. The zero-order valence-electron chi connectivity index (χ0n) is 12.4. The van der Waals surface area contributed by atoms with Crippen LogP contribution in [0.4, 0.5) is 17.6 Å². The van der Waals surface area contributed by atoms with Gasteiger partial charge in [0.2, 0.25) is 5.00 Å². The van der Waals surface area contributed by atoms with Gasteiger partial charge in [-0.15, -0.1) is 0 Å². The maximum absolute atomic E-state index is 13.8. The molecule has 0 amide bonds. The Morgan fingerprint density at radius 1 is 0.952 bits per heavy atom. The Bertz CT molecular complexity index is 391. The van der Waals surface area contributed by atoms with Crippen LogP contribution in [0.15, 0.2) is 0 Å². The first-order valence-electron chi connectivity index (χ1n) is 7.10. The molecule has 0 aromatic rings. The second-order valence-electron chi connectivity index (χ2n) is 5.64. The summed E-state index contributed by atoms with van der Waals surface area (Å²) in [6.45, 7) is 2.25. The highest BCUT2D eigenvalue weighted by atomic mass is 32.2. The summed E-state index contributed by atoms with van der Waals surface area (Å²) in [5.74, 6) is -0.835. The van der Waals surface area contributed by atoms with Gasteiger partial charge in [-0.05, 0) is 19.8 Å². The fraction of sp³-hybridized carbons (Fsp3) is 1.00. The first kappa shape index (κ1) is 20.6. The van der Waals surface area contributed by atoms with Crippen LogP contribution in [0.2, 0.25) is 0 Å². The molecule has 0 radical (unpaired) electrons. The molecule has 128 valence electrons. The largest absolute Gasteiger partial charge is 0.389 e. The molecular weight excluding hydrogens is 312 g/mol. The molecule has 0 aliphatic carbocycles. The van der Waals surface area contributed by atoms with Crippen molar-refractivity contribution in [2.24, 2.45) is 5.92 Å². The van der Waals surface area contributed by atoms with Crippen molar-refractivity contribution in [3.63, 3.8) is 0 Å². The molecule has 0 aliphatic rings. The Hall–Kier alpha value is -0.370. The fourth-order valence-corrected chi connectivity index (χ4v) is 2.62. The molecule has 0 heterocycles. The second kappa shape index (κ2) is 8.31. The van der Waals surface area contributed by atoms with Gasteiger partial charge in [0.05, 0.1) is 0 Å². The number of hydrogen-bond donors (Lipinski definition) is 1. The van der Waals surface area contributed by atoms with Crippen LogP contribution >= 0.6 is 0 Å². The minimum atomic E-state index is -4.74. The van der Waals surface area contributed by atoms with Crippen molar-refractivity contribution in [3.05, 3.63) is 0 Å². The molecule has 0 spiro atoms. The Labute approximate surface area is 123 Å². The lowest BCUT2D eigenvalue weighted by atomic mass is 9.98. The average Bonchev–Trinajstić information content (AvgIpc) is 2.29. The van der Waals surface area contributed by atoms with Crippen molar-refractivity contribution in [2.75, 3.05) is 0 Å². The molecule has 0 rings (SSSR count). The van der Waals surface area contributed by atoms with E-state index in [1.165, 1.54) is 6.92 Å². The van der Waals surface area contributed by atoms with E-state index in [2.05, 4.69) is 0 Å². The summed E-state index contributed by atoms with van der Waals surface area (Å²) in [4.78, 5) is 0. The van der Waals surface area contributed by atoms with E-state index in [4.69, 9.17) is 4.55 Å². The molecular formula is C13H24F4O3S. The average molecular weight is 336 g/mol. The van der Waals surface area contributed by atoms with Crippen molar-refractivity contribution in [1.82, 2.24) is 0 Å². The van der Waals surface area contributed by atoms with Gasteiger partial charge >= 0.3 is 6.18 Å². The van der Waals surface area contributed by atoms with Crippen LogP contribution < -0.4 is 0 Å². The van der Waals surface area contributed by atoms with Gasteiger partial charge in [-0.1, -0.05) is 39.0 Å². The van der Waals surface area contributed by atoms with Crippen LogP contribution in [-0.2, 0) is 10.1 Å². The summed E-state index contributed by atoms with van der Waals surface area (Å²) < 4.78 is 80.0. The quantitative estimate of drug-likeness (QED) is 0.351. The summed E-state index contributed by atoms with van der Waals surface area (Å²) in [6, 6.07) is 0. The molecule has 3 nitrogen and oxygen atoms in total. The summed E-state index contributed by atoms with van der Waals surface area (Å²) in [7, 11) is -4.74. The topological polar surface area (TPSA) is 54.4 Å². The predicted molar refractivity (Wildman–Crippen MR) is 73.2 cm³/mol. The molecule has 0 saturated carbocycles. The lowest BCUT2D eigenvalue weighted by molar-refractivity contribution is -0.135. The molecule has 0 aromatic carbocycles.